The average molecular weight is 493 g/mol. The Bertz CT molecular complexity index is 1470. The van der Waals surface area contributed by atoms with Crippen LogP contribution in [0, 0.1) is 6.92 Å². The zero-order valence-corrected chi connectivity index (χ0v) is 20.9. The summed E-state index contributed by atoms with van der Waals surface area (Å²) in [5.41, 5.74) is 4.79. The Balaban J connectivity index is 1.57. The van der Waals surface area contributed by atoms with E-state index in [-0.39, 0.29) is 6.54 Å². The van der Waals surface area contributed by atoms with Crippen LogP contribution in [-0.2, 0) is 23.1 Å². The van der Waals surface area contributed by atoms with Gasteiger partial charge in [0.1, 0.15) is 11.6 Å². The predicted octanol–water partition coefficient (Wildman–Crippen LogP) is 4.28. The van der Waals surface area contributed by atoms with E-state index in [0.29, 0.717) is 29.7 Å². The number of aryl methyl sites for hydroxylation is 1. The maximum Gasteiger partial charge on any atom is 0.209 e. The molecule has 0 saturated carbocycles. The number of methoxy groups -OCH3 is 2. The zero-order valence-electron chi connectivity index (χ0n) is 20.1. The molecule has 0 bridgehead atoms. The molecule has 35 heavy (non-hydrogen) atoms. The zero-order chi connectivity index (χ0) is 25.0. The molecule has 0 aliphatic rings. The molecule has 0 unspecified atom stereocenters. The number of nitrogens with zero attached hydrogens (tertiary/aromatic N) is 2. The van der Waals surface area contributed by atoms with Gasteiger partial charge in [0.15, 0.2) is 11.5 Å². The van der Waals surface area contributed by atoms with Crippen LogP contribution in [0.2, 0.25) is 0 Å². The number of sulfonamides is 1. The molecule has 0 amide bonds. The second kappa shape index (κ2) is 10.3. The molecule has 0 atom stereocenters. The van der Waals surface area contributed by atoms with Crippen molar-refractivity contribution in [3.8, 4) is 22.6 Å². The number of hydrogen-bond acceptors (Lipinski definition) is 7. The van der Waals surface area contributed by atoms with Crippen molar-refractivity contribution in [2.45, 2.75) is 20.0 Å². The van der Waals surface area contributed by atoms with Gasteiger partial charge in [-0.15, -0.1) is 0 Å². The van der Waals surface area contributed by atoms with E-state index in [9.17, 15) is 8.42 Å². The van der Waals surface area contributed by atoms with Crippen molar-refractivity contribution in [1.29, 1.82) is 0 Å². The number of aromatic nitrogens is 2. The SMILES string of the molecule is COc1cc2nc(C)nc(NCc3cccc(-c4cccc(CNS(C)(=O)=O)c4)c3)c2cc1OC. The first-order valence-electron chi connectivity index (χ1n) is 11.0. The highest BCUT2D eigenvalue weighted by Crippen LogP contribution is 2.34. The summed E-state index contributed by atoms with van der Waals surface area (Å²) < 4.78 is 36.2. The normalized spacial score (nSPS) is 11.4. The highest BCUT2D eigenvalue weighted by Gasteiger charge is 2.12. The summed E-state index contributed by atoms with van der Waals surface area (Å²) in [5, 5.41) is 4.28. The highest BCUT2D eigenvalue weighted by atomic mass is 32.2. The van der Waals surface area contributed by atoms with Crippen molar-refractivity contribution in [1.82, 2.24) is 14.7 Å². The lowest BCUT2D eigenvalue weighted by Gasteiger charge is -2.14. The summed E-state index contributed by atoms with van der Waals surface area (Å²) in [6.45, 7) is 2.67. The van der Waals surface area contributed by atoms with Gasteiger partial charge in [-0.25, -0.2) is 23.1 Å². The van der Waals surface area contributed by atoms with E-state index in [2.05, 4.69) is 26.1 Å². The fourth-order valence-electron chi connectivity index (χ4n) is 3.83. The van der Waals surface area contributed by atoms with Crippen molar-refractivity contribution in [2.24, 2.45) is 0 Å². The van der Waals surface area contributed by atoms with Gasteiger partial charge in [-0.05, 0) is 47.4 Å². The van der Waals surface area contributed by atoms with Crippen LogP contribution < -0.4 is 19.5 Å². The molecule has 0 fully saturated rings. The first kappa shape index (κ1) is 24.4. The Morgan fingerprint density at radius 1 is 0.829 bits per heavy atom. The van der Waals surface area contributed by atoms with Gasteiger partial charge < -0.3 is 14.8 Å². The predicted molar refractivity (Wildman–Crippen MR) is 138 cm³/mol. The second-order valence-corrected chi connectivity index (χ2v) is 10.0. The molecule has 0 aliphatic heterocycles. The number of nitrogens with one attached hydrogen (secondary N) is 2. The average Bonchev–Trinajstić information content (AvgIpc) is 2.85. The minimum Gasteiger partial charge on any atom is -0.493 e. The number of anilines is 1. The van der Waals surface area contributed by atoms with Crippen molar-refractivity contribution < 1.29 is 17.9 Å². The topological polar surface area (TPSA) is 102 Å². The van der Waals surface area contributed by atoms with Crippen molar-refractivity contribution >= 4 is 26.7 Å². The van der Waals surface area contributed by atoms with Gasteiger partial charge in [0.2, 0.25) is 10.0 Å². The van der Waals surface area contributed by atoms with Gasteiger partial charge in [0, 0.05) is 24.5 Å². The Morgan fingerprint density at radius 2 is 1.43 bits per heavy atom. The summed E-state index contributed by atoms with van der Waals surface area (Å²) in [4.78, 5) is 9.14. The Kier molecular flexibility index (Phi) is 7.18. The van der Waals surface area contributed by atoms with E-state index in [0.717, 1.165) is 39.4 Å². The van der Waals surface area contributed by atoms with Crippen LogP contribution >= 0.6 is 0 Å². The summed E-state index contributed by atoms with van der Waals surface area (Å²) in [5.74, 6) is 2.60. The van der Waals surface area contributed by atoms with E-state index in [4.69, 9.17) is 9.47 Å². The lowest BCUT2D eigenvalue weighted by Crippen LogP contribution is -2.21. The number of benzene rings is 3. The Labute approximate surface area is 205 Å². The third-order valence-corrected chi connectivity index (χ3v) is 6.17. The fourth-order valence-corrected chi connectivity index (χ4v) is 4.26. The molecule has 182 valence electrons. The molecular formula is C26H28N4O4S. The van der Waals surface area contributed by atoms with Gasteiger partial charge in [-0.3, -0.25) is 0 Å². The van der Waals surface area contributed by atoms with Crippen LogP contribution in [0.4, 0.5) is 5.82 Å². The monoisotopic (exact) mass is 492 g/mol. The number of ether oxygens (including phenoxy) is 2. The molecule has 1 heterocycles. The quantitative estimate of drug-likeness (QED) is 0.359. The van der Waals surface area contributed by atoms with Crippen LogP contribution in [0.25, 0.3) is 22.0 Å². The lowest BCUT2D eigenvalue weighted by molar-refractivity contribution is 0.356. The molecule has 0 saturated heterocycles. The van der Waals surface area contributed by atoms with E-state index in [1.165, 1.54) is 0 Å². The van der Waals surface area contributed by atoms with Gasteiger partial charge >= 0.3 is 0 Å². The van der Waals surface area contributed by atoms with Gasteiger partial charge in [-0.2, -0.15) is 0 Å². The molecule has 0 radical (unpaired) electrons. The minimum atomic E-state index is -3.25. The minimum absolute atomic E-state index is 0.252. The van der Waals surface area contributed by atoms with Crippen molar-refractivity contribution in [3.05, 3.63) is 77.6 Å². The van der Waals surface area contributed by atoms with Crippen molar-refractivity contribution in [3.63, 3.8) is 0 Å². The maximum atomic E-state index is 11.4. The third-order valence-electron chi connectivity index (χ3n) is 5.50. The molecule has 1 aromatic heterocycles. The van der Waals surface area contributed by atoms with E-state index in [1.807, 2.05) is 61.5 Å². The molecular weight excluding hydrogens is 464 g/mol. The number of fused-ring (bicyclic) bond motifs is 1. The van der Waals surface area contributed by atoms with Crippen molar-refractivity contribution in [2.75, 3.05) is 25.8 Å². The highest BCUT2D eigenvalue weighted by molar-refractivity contribution is 7.88. The second-order valence-electron chi connectivity index (χ2n) is 8.19. The summed E-state index contributed by atoms with van der Waals surface area (Å²) in [6.07, 6.45) is 1.16. The van der Waals surface area contributed by atoms with E-state index in [1.54, 1.807) is 14.2 Å². The first-order valence-corrected chi connectivity index (χ1v) is 12.9. The molecule has 0 aliphatic carbocycles. The van der Waals surface area contributed by atoms with Gasteiger partial charge in [0.05, 0.1) is 26.0 Å². The smallest absolute Gasteiger partial charge is 0.209 e. The fraction of sp³-hybridized carbons (Fsp3) is 0.231. The molecule has 4 aromatic rings. The molecule has 4 rings (SSSR count). The Morgan fingerprint density at radius 3 is 2.03 bits per heavy atom. The van der Waals surface area contributed by atoms with Gasteiger partial charge in [-0.1, -0.05) is 36.4 Å². The van der Waals surface area contributed by atoms with E-state index < -0.39 is 10.0 Å². The van der Waals surface area contributed by atoms with Crippen LogP contribution in [0.3, 0.4) is 0 Å². The summed E-state index contributed by atoms with van der Waals surface area (Å²) in [7, 11) is -0.0513. The Hall–Kier alpha value is -3.69. The summed E-state index contributed by atoms with van der Waals surface area (Å²) >= 11 is 0. The van der Waals surface area contributed by atoms with Gasteiger partial charge in [0.25, 0.3) is 0 Å². The molecule has 9 heteroatoms. The standard InChI is InChI=1S/C26H28N4O4S/c1-17-29-23-14-25(34-3)24(33-2)13-22(23)26(30-17)27-15-18-7-5-9-20(11-18)21-10-6-8-19(12-21)16-28-35(4,31)32/h5-14,28H,15-16H2,1-4H3,(H,27,29,30). The van der Waals surface area contributed by atoms with Crippen LogP contribution in [-0.4, -0.2) is 38.9 Å². The number of hydrogen-bond donors (Lipinski definition) is 2. The number of rotatable bonds is 9. The van der Waals surface area contributed by atoms with Crippen LogP contribution in [0.15, 0.2) is 60.7 Å². The molecule has 0 spiro atoms. The summed E-state index contributed by atoms with van der Waals surface area (Å²) in [6, 6.07) is 19.8. The largest absolute Gasteiger partial charge is 0.493 e. The molecule has 3 aromatic carbocycles. The lowest BCUT2D eigenvalue weighted by atomic mass is 10.0. The maximum absolute atomic E-state index is 11.4. The third kappa shape index (κ3) is 6.06. The van der Waals surface area contributed by atoms with Crippen LogP contribution in [0.1, 0.15) is 17.0 Å². The first-order chi connectivity index (χ1) is 16.8. The van der Waals surface area contributed by atoms with E-state index >= 15 is 0 Å². The molecule has 2 N–H and O–H groups in total. The molecule has 8 nitrogen and oxygen atoms in total. The van der Waals surface area contributed by atoms with Crippen LogP contribution in [0.5, 0.6) is 11.5 Å².